The van der Waals surface area contributed by atoms with E-state index in [9.17, 15) is 0 Å². The van der Waals surface area contributed by atoms with Gasteiger partial charge in [-0.2, -0.15) is 0 Å². The van der Waals surface area contributed by atoms with Crippen molar-refractivity contribution in [3.63, 3.8) is 0 Å². The van der Waals surface area contributed by atoms with Crippen molar-refractivity contribution in [1.82, 2.24) is 5.32 Å². The predicted molar refractivity (Wildman–Crippen MR) is 63.4 cm³/mol. The second-order valence-electron chi connectivity index (χ2n) is 5.55. The average Bonchev–Trinajstić information content (AvgIpc) is 2.12. The molecule has 0 aromatic rings. The van der Waals surface area contributed by atoms with Crippen LogP contribution in [-0.2, 0) is 0 Å². The first kappa shape index (κ1) is 12.0. The summed E-state index contributed by atoms with van der Waals surface area (Å²) in [5.41, 5.74) is 0. The minimum absolute atomic E-state index is 0.697. The first-order valence-electron chi connectivity index (χ1n) is 6.29. The number of hydrogen-bond acceptors (Lipinski definition) is 1. The molecule has 3 unspecified atom stereocenters. The van der Waals surface area contributed by atoms with Crippen LogP contribution < -0.4 is 5.32 Å². The summed E-state index contributed by atoms with van der Waals surface area (Å²) < 4.78 is 0. The summed E-state index contributed by atoms with van der Waals surface area (Å²) in [4.78, 5) is 0. The fourth-order valence-corrected chi connectivity index (χ4v) is 2.98. The third-order valence-electron chi connectivity index (χ3n) is 3.78. The van der Waals surface area contributed by atoms with Gasteiger partial charge in [0.15, 0.2) is 0 Å². The first-order valence-corrected chi connectivity index (χ1v) is 6.29. The van der Waals surface area contributed by atoms with Gasteiger partial charge in [0.2, 0.25) is 0 Å². The predicted octanol–water partition coefficient (Wildman–Crippen LogP) is 3.45. The van der Waals surface area contributed by atoms with E-state index in [4.69, 9.17) is 0 Å². The van der Waals surface area contributed by atoms with Gasteiger partial charge in [-0.1, -0.05) is 13.8 Å². The lowest BCUT2D eigenvalue weighted by molar-refractivity contribution is 0.203. The number of nitrogens with one attached hydrogen (secondary N) is 1. The second-order valence-corrected chi connectivity index (χ2v) is 5.55. The fraction of sp³-hybridized carbons (Fsp3) is 1.00. The molecule has 84 valence electrons. The lowest BCUT2D eigenvalue weighted by atomic mass is 9.75. The largest absolute Gasteiger partial charge is 0.317 e. The van der Waals surface area contributed by atoms with Crippen LogP contribution in [0.4, 0.5) is 0 Å². The van der Waals surface area contributed by atoms with Gasteiger partial charge in [0.25, 0.3) is 0 Å². The van der Waals surface area contributed by atoms with Crippen LogP contribution in [0, 0.1) is 17.8 Å². The highest BCUT2D eigenvalue weighted by molar-refractivity contribution is 4.75. The average molecular weight is 197 g/mol. The maximum Gasteiger partial charge on any atom is 0.00358 e. The van der Waals surface area contributed by atoms with E-state index in [0.717, 1.165) is 17.8 Å². The van der Waals surface area contributed by atoms with Gasteiger partial charge >= 0.3 is 0 Å². The first-order chi connectivity index (χ1) is 6.61. The monoisotopic (exact) mass is 197 g/mol. The van der Waals surface area contributed by atoms with Gasteiger partial charge in [0, 0.05) is 6.04 Å². The van der Waals surface area contributed by atoms with Gasteiger partial charge in [0.05, 0.1) is 0 Å². The summed E-state index contributed by atoms with van der Waals surface area (Å²) in [5, 5.41) is 3.33. The molecule has 0 aliphatic heterocycles. The molecule has 0 aromatic heterocycles. The highest BCUT2D eigenvalue weighted by atomic mass is 14.8. The Morgan fingerprint density at radius 2 is 1.71 bits per heavy atom. The van der Waals surface area contributed by atoms with Gasteiger partial charge in [-0.3, -0.25) is 0 Å². The van der Waals surface area contributed by atoms with Gasteiger partial charge in [-0.25, -0.2) is 0 Å². The van der Waals surface area contributed by atoms with Crippen LogP contribution in [0.5, 0.6) is 0 Å². The van der Waals surface area contributed by atoms with E-state index in [0.29, 0.717) is 6.04 Å². The summed E-state index contributed by atoms with van der Waals surface area (Å²) in [7, 11) is 2.07. The normalized spacial score (nSPS) is 35.6. The third-order valence-corrected chi connectivity index (χ3v) is 3.78. The number of hydrogen-bond donors (Lipinski definition) is 1. The summed E-state index contributed by atoms with van der Waals surface area (Å²) in [5.74, 6) is 2.94. The van der Waals surface area contributed by atoms with Crippen molar-refractivity contribution in [3.8, 4) is 0 Å². The van der Waals surface area contributed by atoms with Crippen LogP contribution in [0.25, 0.3) is 0 Å². The summed E-state index contributed by atoms with van der Waals surface area (Å²) in [6, 6.07) is 0.697. The zero-order chi connectivity index (χ0) is 10.6. The van der Waals surface area contributed by atoms with Crippen molar-refractivity contribution >= 4 is 0 Å². The lowest BCUT2D eigenvalue weighted by Crippen LogP contribution is -2.24. The quantitative estimate of drug-likeness (QED) is 0.728. The molecular weight excluding hydrogens is 170 g/mol. The highest BCUT2D eigenvalue weighted by Crippen LogP contribution is 2.35. The van der Waals surface area contributed by atoms with Crippen molar-refractivity contribution in [2.24, 2.45) is 17.8 Å². The SMILES string of the molecule is CNC(C)CCC1CC(C)CC(C)C1. The fourth-order valence-electron chi connectivity index (χ4n) is 2.98. The van der Waals surface area contributed by atoms with E-state index in [-0.39, 0.29) is 0 Å². The van der Waals surface area contributed by atoms with E-state index in [1.54, 1.807) is 0 Å². The molecule has 14 heavy (non-hydrogen) atoms. The van der Waals surface area contributed by atoms with Crippen LogP contribution in [0.2, 0.25) is 0 Å². The number of rotatable bonds is 4. The molecule has 0 amide bonds. The van der Waals surface area contributed by atoms with Crippen molar-refractivity contribution in [2.75, 3.05) is 7.05 Å². The lowest BCUT2D eigenvalue weighted by Gasteiger charge is -2.32. The maximum absolute atomic E-state index is 3.33. The molecule has 0 bridgehead atoms. The molecule has 1 aliphatic carbocycles. The Morgan fingerprint density at radius 3 is 2.21 bits per heavy atom. The van der Waals surface area contributed by atoms with Crippen LogP contribution >= 0.6 is 0 Å². The van der Waals surface area contributed by atoms with Crippen molar-refractivity contribution in [3.05, 3.63) is 0 Å². The Morgan fingerprint density at radius 1 is 1.14 bits per heavy atom. The van der Waals surface area contributed by atoms with E-state index in [1.165, 1.54) is 32.1 Å². The Hall–Kier alpha value is -0.0400. The minimum Gasteiger partial charge on any atom is -0.317 e. The van der Waals surface area contributed by atoms with Crippen LogP contribution in [0.3, 0.4) is 0 Å². The molecule has 1 nitrogen and oxygen atoms in total. The van der Waals surface area contributed by atoms with Gasteiger partial charge in [-0.15, -0.1) is 0 Å². The molecule has 1 aliphatic rings. The van der Waals surface area contributed by atoms with E-state index in [2.05, 4.69) is 33.1 Å². The van der Waals surface area contributed by atoms with Crippen LogP contribution in [0.15, 0.2) is 0 Å². The smallest absolute Gasteiger partial charge is 0.00358 e. The topological polar surface area (TPSA) is 12.0 Å². The Kier molecular flexibility index (Phi) is 4.94. The molecule has 1 saturated carbocycles. The third kappa shape index (κ3) is 4.00. The Labute approximate surface area is 89.7 Å². The summed E-state index contributed by atoms with van der Waals surface area (Å²) in [6.07, 6.45) is 7.18. The standard InChI is InChI=1S/C13H27N/c1-10-7-11(2)9-13(8-10)6-5-12(3)14-4/h10-14H,5-9H2,1-4H3. The zero-order valence-electron chi connectivity index (χ0n) is 10.3. The van der Waals surface area contributed by atoms with Crippen LogP contribution in [-0.4, -0.2) is 13.1 Å². The molecule has 0 saturated heterocycles. The molecule has 1 N–H and O–H groups in total. The maximum atomic E-state index is 3.33. The minimum atomic E-state index is 0.697. The molecule has 0 radical (unpaired) electrons. The van der Waals surface area contributed by atoms with Gasteiger partial charge in [-0.05, 0) is 63.8 Å². The zero-order valence-corrected chi connectivity index (χ0v) is 10.3. The summed E-state index contributed by atoms with van der Waals surface area (Å²) >= 11 is 0. The van der Waals surface area contributed by atoms with E-state index >= 15 is 0 Å². The Balaban J connectivity index is 2.23. The van der Waals surface area contributed by atoms with Crippen LogP contribution in [0.1, 0.15) is 52.9 Å². The molecule has 1 rings (SSSR count). The van der Waals surface area contributed by atoms with Gasteiger partial charge < -0.3 is 5.32 Å². The molecule has 3 atom stereocenters. The molecule has 1 heteroatoms. The Bertz CT molecular complexity index is 145. The molecular formula is C13H27N. The highest BCUT2D eigenvalue weighted by Gasteiger charge is 2.23. The van der Waals surface area contributed by atoms with E-state index in [1.807, 2.05) is 0 Å². The molecule has 0 heterocycles. The van der Waals surface area contributed by atoms with E-state index < -0.39 is 0 Å². The van der Waals surface area contributed by atoms with Crippen molar-refractivity contribution in [2.45, 2.75) is 58.9 Å². The molecule has 0 spiro atoms. The van der Waals surface area contributed by atoms with Crippen molar-refractivity contribution < 1.29 is 0 Å². The second kappa shape index (κ2) is 5.75. The summed E-state index contributed by atoms with van der Waals surface area (Å²) in [6.45, 7) is 7.13. The molecule has 1 fully saturated rings. The van der Waals surface area contributed by atoms with Gasteiger partial charge in [0.1, 0.15) is 0 Å². The molecule has 0 aromatic carbocycles. The van der Waals surface area contributed by atoms with Crippen molar-refractivity contribution in [1.29, 1.82) is 0 Å².